The fourth-order valence-corrected chi connectivity index (χ4v) is 4.40. The molecule has 1 aliphatic heterocycles. The Morgan fingerprint density at radius 2 is 1.97 bits per heavy atom. The summed E-state index contributed by atoms with van der Waals surface area (Å²) in [7, 11) is 1.44. The molecule has 11 heteroatoms. The molecule has 0 radical (unpaired) electrons. The minimum absolute atomic E-state index is 0.0581. The van der Waals surface area contributed by atoms with Crippen LogP contribution in [0, 0.1) is 12.8 Å². The van der Waals surface area contributed by atoms with E-state index in [9.17, 15) is 14.4 Å². The molecule has 0 saturated heterocycles. The van der Waals surface area contributed by atoms with E-state index >= 15 is 0 Å². The summed E-state index contributed by atoms with van der Waals surface area (Å²) < 4.78 is 13.2. The highest BCUT2D eigenvalue weighted by atomic mass is 32.2. The number of hydrogen-bond donors (Lipinski definition) is 1. The molecule has 33 heavy (non-hydrogen) atoms. The molecule has 1 N–H and O–H groups in total. The second-order valence-corrected chi connectivity index (χ2v) is 9.14. The molecular formula is C22H25N5O5S. The number of benzene rings is 1. The lowest BCUT2D eigenvalue weighted by Gasteiger charge is -2.15. The zero-order chi connectivity index (χ0) is 23.7. The summed E-state index contributed by atoms with van der Waals surface area (Å²) in [5, 5.41) is 3.49. The molecule has 3 aromatic rings. The first kappa shape index (κ1) is 22.8. The molecule has 3 heterocycles. The van der Waals surface area contributed by atoms with E-state index in [4.69, 9.17) is 9.47 Å². The van der Waals surface area contributed by atoms with Crippen LogP contribution in [0.25, 0.3) is 11.0 Å². The Morgan fingerprint density at radius 1 is 1.21 bits per heavy atom. The minimum atomic E-state index is -0.474. The molecule has 0 spiro atoms. The molecule has 4 rings (SSSR count). The molecule has 0 fully saturated rings. The van der Waals surface area contributed by atoms with Crippen molar-refractivity contribution in [1.82, 2.24) is 24.4 Å². The molecule has 10 nitrogen and oxygen atoms in total. The lowest BCUT2D eigenvalue weighted by molar-refractivity contribution is -0.118. The second-order valence-electron chi connectivity index (χ2n) is 8.18. The predicted molar refractivity (Wildman–Crippen MR) is 124 cm³/mol. The number of hydrogen-bond acceptors (Lipinski definition) is 8. The Kier molecular flexibility index (Phi) is 6.41. The number of thioether (sulfide) groups is 1. The SMILES string of the molecule is Cc1nc(SCC(=O)NCc2ccc3c(c2)OCO3)c2c(=O)n(C)c(=O)n(CC(C)C)c2n1. The van der Waals surface area contributed by atoms with Crippen molar-refractivity contribution in [1.29, 1.82) is 0 Å². The molecule has 1 aliphatic rings. The van der Waals surface area contributed by atoms with Gasteiger partial charge < -0.3 is 14.8 Å². The molecule has 0 bridgehead atoms. The van der Waals surface area contributed by atoms with Crippen LogP contribution < -0.4 is 26.0 Å². The van der Waals surface area contributed by atoms with Crippen molar-refractivity contribution < 1.29 is 14.3 Å². The van der Waals surface area contributed by atoms with Crippen LogP contribution in [-0.4, -0.2) is 37.6 Å². The van der Waals surface area contributed by atoms with Gasteiger partial charge in [0.25, 0.3) is 5.56 Å². The largest absolute Gasteiger partial charge is 0.454 e. The average molecular weight is 472 g/mol. The van der Waals surface area contributed by atoms with E-state index in [0.717, 1.165) is 21.9 Å². The number of rotatable bonds is 7. The van der Waals surface area contributed by atoms with Gasteiger partial charge in [-0.3, -0.25) is 18.7 Å². The Balaban J connectivity index is 1.54. The van der Waals surface area contributed by atoms with Gasteiger partial charge in [-0.05, 0) is 30.5 Å². The zero-order valence-corrected chi connectivity index (χ0v) is 19.7. The van der Waals surface area contributed by atoms with E-state index in [0.29, 0.717) is 41.1 Å². The molecule has 0 unspecified atom stereocenters. The number of carbonyl (C=O) groups excluding carboxylic acids is 1. The molecule has 174 valence electrons. The number of nitrogens with one attached hydrogen (secondary N) is 1. The van der Waals surface area contributed by atoms with E-state index < -0.39 is 11.2 Å². The van der Waals surface area contributed by atoms with Gasteiger partial charge in [-0.1, -0.05) is 31.7 Å². The molecular weight excluding hydrogens is 446 g/mol. The van der Waals surface area contributed by atoms with Crippen molar-refractivity contribution in [3.63, 3.8) is 0 Å². The average Bonchev–Trinajstić information content (AvgIpc) is 3.25. The molecule has 1 amide bonds. The Morgan fingerprint density at radius 3 is 2.73 bits per heavy atom. The molecule has 2 aromatic heterocycles. The van der Waals surface area contributed by atoms with Crippen LogP contribution in [0.3, 0.4) is 0 Å². The van der Waals surface area contributed by atoms with Gasteiger partial charge in [-0.2, -0.15) is 0 Å². The lowest BCUT2D eigenvalue weighted by Crippen LogP contribution is -2.39. The van der Waals surface area contributed by atoms with Crippen molar-refractivity contribution in [2.45, 2.75) is 38.9 Å². The molecule has 1 aromatic carbocycles. The standard InChI is InChI=1S/C22H25N5O5S/c1-12(2)9-27-19-18(21(29)26(4)22(27)30)20(25-13(3)24-19)33-10-17(28)23-8-14-5-6-15-16(7-14)32-11-31-15/h5-7,12H,8-11H2,1-4H3,(H,23,28). The van der Waals surface area contributed by atoms with Crippen LogP contribution in [0.4, 0.5) is 0 Å². The Hall–Kier alpha value is -3.34. The van der Waals surface area contributed by atoms with E-state index in [1.54, 1.807) is 13.0 Å². The summed E-state index contributed by atoms with van der Waals surface area (Å²) in [6.07, 6.45) is 0. The highest BCUT2D eigenvalue weighted by Gasteiger charge is 2.19. The molecule has 0 atom stereocenters. The van der Waals surface area contributed by atoms with Crippen molar-refractivity contribution in [3.05, 3.63) is 50.4 Å². The fraction of sp³-hybridized carbons (Fsp3) is 0.409. The van der Waals surface area contributed by atoms with Gasteiger partial charge in [0.2, 0.25) is 12.7 Å². The smallest absolute Gasteiger partial charge is 0.332 e. The first-order chi connectivity index (χ1) is 15.7. The Bertz CT molecular complexity index is 1350. The van der Waals surface area contributed by atoms with Gasteiger partial charge in [0, 0.05) is 20.1 Å². The van der Waals surface area contributed by atoms with Crippen LogP contribution in [-0.2, 0) is 24.9 Å². The van der Waals surface area contributed by atoms with Crippen LogP contribution in [0.15, 0.2) is 32.8 Å². The van der Waals surface area contributed by atoms with E-state index in [1.165, 1.54) is 11.6 Å². The number of nitrogens with zero attached hydrogens (tertiary/aromatic N) is 4. The molecule has 0 saturated carbocycles. The van der Waals surface area contributed by atoms with Crippen molar-refractivity contribution in [2.24, 2.45) is 13.0 Å². The first-order valence-electron chi connectivity index (χ1n) is 10.5. The van der Waals surface area contributed by atoms with Gasteiger partial charge >= 0.3 is 5.69 Å². The Labute approximate surface area is 193 Å². The van der Waals surface area contributed by atoms with Crippen LogP contribution in [0.5, 0.6) is 11.5 Å². The fourth-order valence-electron chi connectivity index (χ4n) is 3.51. The van der Waals surface area contributed by atoms with Gasteiger partial charge in [-0.15, -0.1) is 0 Å². The second kappa shape index (κ2) is 9.26. The van der Waals surface area contributed by atoms with Crippen molar-refractivity contribution >= 4 is 28.7 Å². The number of ether oxygens (including phenoxy) is 2. The third-order valence-corrected chi connectivity index (χ3v) is 6.05. The lowest BCUT2D eigenvalue weighted by atomic mass is 10.2. The van der Waals surface area contributed by atoms with E-state index in [2.05, 4.69) is 15.3 Å². The van der Waals surface area contributed by atoms with Gasteiger partial charge in [-0.25, -0.2) is 14.8 Å². The summed E-state index contributed by atoms with van der Waals surface area (Å²) >= 11 is 1.15. The van der Waals surface area contributed by atoms with Gasteiger partial charge in [0.05, 0.1) is 5.75 Å². The summed E-state index contributed by atoms with van der Waals surface area (Å²) in [5.41, 5.74) is 0.287. The highest BCUT2D eigenvalue weighted by molar-refractivity contribution is 8.00. The van der Waals surface area contributed by atoms with E-state index in [-0.39, 0.29) is 29.8 Å². The van der Waals surface area contributed by atoms with Crippen LogP contribution >= 0.6 is 11.8 Å². The molecule has 0 aliphatic carbocycles. The monoisotopic (exact) mass is 471 g/mol. The van der Waals surface area contributed by atoms with Gasteiger partial charge in [0.1, 0.15) is 16.2 Å². The quantitative estimate of drug-likeness (QED) is 0.408. The number of aryl methyl sites for hydroxylation is 1. The normalized spacial score (nSPS) is 12.5. The first-order valence-corrected chi connectivity index (χ1v) is 11.5. The van der Waals surface area contributed by atoms with Crippen molar-refractivity contribution in [2.75, 3.05) is 12.5 Å². The van der Waals surface area contributed by atoms with Crippen LogP contribution in [0.2, 0.25) is 0 Å². The van der Waals surface area contributed by atoms with Gasteiger partial charge in [0.15, 0.2) is 17.1 Å². The zero-order valence-electron chi connectivity index (χ0n) is 18.9. The van der Waals surface area contributed by atoms with E-state index in [1.807, 2.05) is 26.0 Å². The number of fused-ring (bicyclic) bond motifs is 2. The maximum Gasteiger partial charge on any atom is 0.332 e. The summed E-state index contributed by atoms with van der Waals surface area (Å²) in [4.78, 5) is 46.9. The predicted octanol–water partition coefficient (Wildman–Crippen LogP) is 1.59. The van der Waals surface area contributed by atoms with Crippen LogP contribution in [0.1, 0.15) is 25.2 Å². The summed E-state index contributed by atoms with van der Waals surface area (Å²) in [5.74, 6) is 1.79. The number of aromatic nitrogens is 4. The maximum absolute atomic E-state index is 12.9. The van der Waals surface area contributed by atoms with Crippen molar-refractivity contribution in [3.8, 4) is 11.5 Å². The third kappa shape index (κ3) is 4.72. The number of amides is 1. The third-order valence-electron chi connectivity index (χ3n) is 5.07. The topological polar surface area (TPSA) is 117 Å². The number of carbonyl (C=O) groups is 1. The minimum Gasteiger partial charge on any atom is -0.454 e. The summed E-state index contributed by atoms with van der Waals surface area (Å²) in [6, 6.07) is 5.50. The maximum atomic E-state index is 12.9. The highest BCUT2D eigenvalue weighted by Crippen LogP contribution is 2.32. The summed E-state index contributed by atoms with van der Waals surface area (Å²) in [6.45, 7) is 6.61.